The van der Waals surface area contributed by atoms with Crippen molar-refractivity contribution in [2.75, 3.05) is 5.32 Å². The molecule has 0 unspecified atom stereocenters. The molecule has 3 rings (SSSR count). The number of amides is 2. The molecule has 0 aliphatic heterocycles. The second kappa shape index (κ2) is 7.33. The first kappa shape index (κ1) is 16.3. The number of ether oxygens (including phenoxy) is 1. The van der Waals surface area contributed by atoms with E-state index in [-0.39, 0.29) is 12.1 Å². The molecule has 128 valence electrons. The van der Waals surface area contributed by atoms with Crippen molar-refractivity contribution in [3.8, 4) is 5.88 Å². The zero-order chi connectivity index (χ0) is 16.9. The first-order valence-corrected chi connectivity index (χ1v) is 8.27. The average Bonchev–Trinajstić information content (AvgIpc) is 3.16. The van der Waals surface area contributed by atoms with Crippen LogP contribution < -0.4 is 15.4 Å². The third-order valence-electron chi connectivity index (χ3n) is 4.09. The van der Waals surface area contributed by atoms with Crippen LogP contribution in [0, 0.1) is 6.92 Å². The predicted molar refractivity (Wildman–Crippen MR) is 90.9 cm³/mol. The Morgan fingerprint density at radius 1 is 1.38 bits per heavy atom. The highest BCUT2D eigenvalue weighted by molar-refractivity contribution is 5.88. The molecule has 7 nitrogen and oxygen atoms in total. The summed E-state index contributed by atoms with van der Waals surface area (Å²) < 4.78 is 7.52. The molecular weight excluding hydrogens is 306 g/mol. The Bertz CT molecular complexity index is 707. The first-order valence-electron chi connectivity index (χ1n) is 8.27. The molecule has 2 aromatic heterocycles. The first-order chi connectivity index (χ1) is 11.6. The number of rotatable bonds is 5. The summed E-state index contributed by atoms with van der Waals surface area (Å²) in [6, 6.07) is 5.30. The van der Waals surface area contributed by atoms with E-state index in [4.69, 9.17) is 4.74 Å². The van der Waals surface area contributed by atoms with Gasteiger partial charge < -0.3 is 10.1 Å². The molecule has 0 aromatic carbocycles. The molecule has 0 bridgehead atoms. The summed E-state index contributed by atoms with van der Waals surface area (Å²) in [5.41, 5.74) is 1.81. The Labute approximate surface area is 141 Å². The molecule has 2 N–H and O–H groups in total. The quantitative estimate of drug-likeness (QED) is 0.884. The molecule has 0 saturated heterocycles. The summed E-state index contributed by atoms with van der Waals surface area (Å²) in [7, 11) is 1.79. The van der Waals surface area contributed by atoms with Crippen LogP contribution in [0.1, 0.15) is 36.9 Å². The Hall–Kier alpha value is -2.57. The van der Waals surface area contributed by atoms with Crippen molar-refractivity contribution in [1.29, 1.82) is 0 Å². The average molecular weight is 329 g/mol. The van der Waals surface area contributed by atoms with Crippen molar-refractivity contribution >= 4 is 11.8 Å². The standard InChI is InChI=1S/C17H23N5O2/c1-12-9-15(22(2)21-12)20-17(23)19-11-13-7-8-18-16(10-13)24-14-5-3-4-6-14/h7-10,14H,3-6,11H2,1-2H3,(H2,19,20,23). The van der Waals surface area contributed by atoms with E-state index in [1.165, 1.54) is 12.8 Å². The Morgan fingerprint density at radius 2 is 2.17 bits per heavy atom. The van der Waals surface area contributed by atoms with Crippen LogP contribution in [0.25, 0.3) is 0 Å². The SMILES string of the molecule is Cc1cc(NC(=O)NCc2ccnc(OC3CCCC3)c2)n(C)n1. The lowest BCUT2D eigenvalue weighted by Gasteiger charge is -2.13. The van der Waals surface area contributed by atoms with Gasteiger partial charge in [0.15, 0.2) is 0 Å². The zero-order valence-corrected chi connectivity index (χ0v) is 14.1. The maximum Gasteiger partial charge on any atom is 0.320 e. The molecule has 1 fully saturated rings. The van der Waals surface area contributed by atoms with Crippen LogP contribution in [-0.4, -0.2) is 26.9 Å². The normalized spacial score (nSPS) is 14.6. The number of aromatic nitrogens is 3. The number of nitrogens with zero attached hydrogens (tertiary/aromatic N) is 3. The van der Waals surface area contributed by atoms with Gasteiger partial charge in [-0.2, -0.15) is 5.10 Å². The molecule has 0 radical (unpaired) electrons. The molecule has 2 heterocycles. The highest BCUT2D eigenvalue weighted by Gasteiger charge is 2.17. The second-order valence-electron chi connectivity index (χ2n) is 6.13. The minimum atomic E-state index is -0.270. The summed E-state index contributed by atoms with van der Waals surface area (Å²) in [4.78, 5) is 16.3. The molecular formula is C17H23N5O2. The third kappa shape index (κ3) is 4.24. The molecule has 24 heavy (non-hydrogen) atoms. The van der Waals surface area contributed by atoms with Crippen LogP contribution in [0.15, 0.2) is 24.4 Å². The fourth-order valence-electron chi connectivity index (χ4n) is 2.87. The Kier molecular flexibility index (Phi) is 4.98. The number of urea groups is 1. The molecule has 1 saturated carbocycles. The number of carbonyl (C=O) groups excluding carboxylic acids is 1. The van der Waals surface area contributed by atoms with Crippen LogP contribution >= 0.6 is 0 Å². The topological polar surface area (TPSA) is 81.1 Å². The van der Waals surface area contributed by atoms with E-state index < -0.39 is 0 Å². The smallest absolute Gasteiger partial charge is 0.320 e. The number of nitrogens with one attached hydrogen (secondary N) is 2. The number of anilines is 1. The lowest BCUT2D eigenvalue weighted by Crippen LogP contribution is -2.29. The van der Waals surface area contributed by atoms with E-state index in [0.29, 0.717) is 18.2 Å². The van der Waals surface area contributed by atoms with E-state index in [1.807, 2.05) is 25.1 Å². The van der Waals surface area contributed by atoms with Crippen LogP contribution in [-0.2, 0) is 13.6 Å². The largest absolute Gasteiger partial charge is 0.474 e. The third-order valence-corrected chi connectivity index (χ3v) is 4.09. The van der Waals surface area contributed by atoms with Crippen LogP contribution in [0.4, 0.5) is 10.6 Å². The second-order valence-corrected chi connectivity index (χ2v) is 6.13. The summed E-state index contributed by atoms with van der Waals surface area (Å²) in [5, 5.41) is 9.80. The van der Waals surface area contributed by atoms with Crippen LogP contribution in [0.5, 0.6) is 5.88 Å². The van der Waals surface area contributed by atoms with Gasteiger partial charge in [-0.15, -0.1) is 0 Å². The molecule has 7 heteroatoms. The number of hydrogen-bond acceptors (Lipinski definition) is 4. The van der Waals surface area contributed by atoms with Crippen molar-refractivity contribution in [2.24, 2.45) is 7.05 Å². The number of aryl methyl sites for hydroxylation is 2. The Morgan fingerprint density at radius 3 is 2.88 bits per heavy atom. The van der Waals surface area contributed by atoms with Crippen molar-refractivity contribution in [2.45, 2.75) is 45.3 Å². The van der Waals surface area contributed by atoms with Gasteiger partial charge in [0.1, 0.15) is 11.9 Å². The molecule has 1 aliphatic carbocycles. The molecule has 0 atom stereocenters. The molecule has 0 spiro atoms. The fourth-order valence-corrected chi connectivity index (χ4v) is 2.87. The van der Waals surface area contributed by atoms with Crippen molar-refractivity contribution in [1.82, 2.24) is 20.1 Å². The van der Waals surface area contributed by atoms with Gasteiger partial charge in [-0.1, -0.05) is 0 Å². The maximum atomic E-state index is 12.0. The van der Waals surface area contributed by atoms with E-state index in [0.717, 1.165) is 24.1 Å². The van der Waals surface area contributed by atoms with Crippen LogP contribution in [0.2, 0.25) is 0 Å². The molecule has 1 aliphatic rings. The summed E-state index contributed by atoms with van der Waals surface area (Å²) in [6.07, 6.45) is 6.62. The van der Waals surface area contributed by atoms with Gasteiger partial charge in [0.25, 0.3) is 0 Å². The van der Waals surface area contributed by atoms with Crippen molar-refractivity contribution in [3.05, 3.63) is 35.7 Å². The number of pyridine rings is 1. The summed E-state index contributed by atoms with van der Waals surface area (Å²) in [6.45, 7) is 2.29. The van der Waals surface area contributed by atoms with Crippen molar-refractivity contribution < 1.29 is 9.53 Å². The van der Waals surface area contributed by atoms with Gasteiger partial charge in [-0.05, 0) is 44.2 Å². The highest BCUT2D eigenvalue weighted by atomic mass is 16.5. The van der Waals surface area contributed by atoms with Gasteiger partial charge in [0.2, 0.25) is 5.88 Å². The van der Waals surface area contributed by atoms with Crippen LogP contribution in [0.3, 0.4) is 0 Å². The number of hydrogen-bond donors (Lipinski definition) is 2. The van der Waals surface area contributed by atoms with Gasteiger partial charge in [0.05, 0.1) is 5.69 Å². The summed E-state index contributed by atoms with van der Waals surface area (Å²) in [5.74, 6) is 1.29. The minimum Gasteiger partial charge on any atom is -0.474 e. The molecule has 2 aromatic rings. The maximum absolute atomic E-state index is 12.0. The van der Waals surface area contributed by atoms with E-state index in [2.05, 4.69) is 20.7 Å². The lowest BCUT2D eigenvalue weighted by atomic mass is 10.2. The van der Waals surface area contributed by atoms with Gasteiger partial charge in [0, 0.05) is 31.9 Å². The van der Waals surface area contributed by atoms with E-state index >= 15 is 0 Å². The molecule has 2 amide bonds. The number of carbonyl (C=O) groups is 1. The minimum absolute atomic E-state index is 0.270. The van der Waals surface area contributed by atoms with E-state index in [1.54, 1.807) is 17.9 Å². The highest BCUT2D eigenvalue weighted by Crippen LogP contribution is 2.23. The lowest BCUT2D eigenvalue weighted by molar-refractivity contribution is 0.201. The fraction of sp³-hybridized carbons (Fsp3) is 0.471. The van der Waals surface area contributed by atoms with Gasteiger partial charge in [-0.25, -0.2) is 9.78 Å². The van der Waals surface area contributed by atoms with E-state index in [9.17, 15) is 4.79 Å². The summed E-state index contributed by atoms with van der Waals surface area (Å²) >= 11 is 0. The predicted octanol–water partition coefficient (Wildman–Crippen LogP) is 2.77. The zero-order valence-electron chi connectivity index (χ0n) is 14.1. The monoisotopic (exact) mass is 329 g/mol. The Balaban J connectivity index is 1.52. The van der Waals surface area contributed by atoms with Gasteiger partial charge >= 0.3 is 6.03 Å². The van der Waals surface area contributed by atoms with Gasteiger partial charge in [-0.3, -0.25) is 10.00 Å². The van der Waals surface area contributed by atoms with Crippen molar-refractivity contribution in [3.63, 3.8) is 0 Å².